The van der Waals surface area contributed by atoms with Gasteiger partial charge in [0.2, 0.25) is 0 Å². The zero-order chi connectivity index (χ0) is 14.5. The Morgan fingerprint density at radius 2 is 2.20 bits per heavy atom. The molecule has 1 fully saturated rings. The molecule has 2 atom stereocenters. The molecule has 0 aliphatic carbocycles. The quantitative estimate of drug-likeness (QED) is 0.756. The van der Waals surface area contributed by atoms with Gasteiger partial charge in [-0.05, 0) is 25.8 Å². The Labute approximate surface area is 127 Å². The Balaban J connectivity index is 1.98. The van der Waals surface area contributed by atoms with Crippen molar-refractivity contribution in [2.45, 2.75) is 58.3 Å². The van der Waals surface area contributed by atoms with E-state index in [2.05, 4.69) is 42.6 Å². The Bertz CT molecular complexity index is 406. The second-order valence-electron chi connectivity index (χ2n) is 5.65. The highest BCUT2D eigenvalue weighted by Gasteiger charge is 2.26. The predicted octanol–water partition coefficient (Wildman–Crippen LogP) is 3.07. The van der Waals surface area contributed by atoms with Crippen LogP contribution in [0.4, 0.5) is 0 Å². The molecule has 1 aromatic heterocycles. The fourth-order valence-electron chi connectivity index (χ4n) is 2.72. The predicted molar refractivity (Wildman–Crippen MR) is 82.2 cm³/mol. The second-order valence-corrected chi connectivity index (χ2v) is 5.95. The lowest BCUT2D eigenvalue weighted by Crippen LogP contribution is -2.48. The fourth-order valence-corrected chi connectivity index (χ4v) is 2.91. The Kier molecular flexibility index (Phi) is 5.87. The van der Waals surface area contributed by atoms with Crippen LogP contribution in [0.3, 0.4) is 0 Å². The molecule has 0 radical (unpaired) electrons. The van der Waals surface area contributed by atoms with E-state index in [-0.39, 0.29) is 6.10 Å². The SMILES string of the molecule is CCC(CC)n1ccc(CN2CC(CCl)OCC2C)n1. The van der Waals surface area contributed by atoms with Gasteiger partial charge in [0.05, 0.1) is 24.4 Å². The van der Waals surface area contributed by atoms with E-state index in [4.69, 9.17) is 21.4 Å². The molecule has 0 amide bonds. The van der Waals surface area contributed by atoms with Crippen LogP contribution in [0.2, 0.25) is 0 Å². The highest BCUT2D eigenvalue weighted by Crippen LogP contribution is 2.18. The zero-order valence-corrected chi connectivity index (χ0v) is 13.5. The largest absolute Gasteiger partial charge is 0.374 e. The third-order valence-corrected chi connectivity index (χ3v) is 4.50. The molecule has 1 aliphatic rings. The van der Waals surface area contributed by atoms with Gasteiger partial charge in [0.25, 0.3) is 0 Å². The molecule has 0 aromatic carbocycles. The van der Waals surface area contributed by atoms with Gasteiger partial charge >= 0.3 is 0 Å². The summed E-state index contributed by atoms with van der Waals surface area (Å²) < 4.78 is 7.80. The van der Waals surface area contributed by atoms with E-state index in [1.165, 1.54) is 0 Å². The minimum atomic E-state index is 0.147. The summed E-state index contributed by atoms with van der Waals surface area (Å²) in [5, 5.41) is 4.73. The number of alkyl halides is 1. The lowest BCUT2D eigenvalue weighted by atomic mass is 10.2. The number of halogens is 1. The van der Waals surface area contributed by atoms with Crippen LogP contribution in [0, 0.1) is 0 Å². The lowest BCUT2D eigenvalue weighted by molar-refractivity contribution is -0.0515. The summed E-state index contributed by atoms with van der Waals surface area (Å²) >= 11 is 5.91. The maximum Gasteiger partial charge on any atom is 0.0838 e. The van der Waals surface area contributed by atoms with Gasteiger partial charge < -0.3 is 4.74 Å². The van der Waals surface area contributed by atoms with Gasteiger partial charge in [0.1, 0.15) is 0 Å². The molecule has 4 nitrogen and oxygen atoms in total. The summed E-state index contributed by atoms with van der Waals surface area (Å²) in [5.41, 5.74) is 1.14. The molecule has 114 valence electrons. The molecule has 2 heterocycles. The molecule has 1 saturated heterocycles. The second kappa shape index (κ2) is 7.43. The lowest BCUT2D eigenvalue weighted by Gasteiger charge is -2.36. The van der Waals surface area contributed by atoms with E-state index in [1.54, 1.807) is 0 Å². The minimum absolute atomic E-state index is 0.147. The van der Waals surface area contributed by atoms with Gasteiger partial charge in [0, 0.05) is 31.2 Å². The zero-order valence-electron chi connectivity index (χ0n) is 12.8. The van der Waals surface area contributed by atoms with Gasteiger partial charge in [-0.25, -0.2) is 0 Å². The van der Waals surface area contributed by atoms with E-state index in [9.17, 15) is 0 Å². The number of hydrogen-bond acceptors (Lipinski definition) is 3. The number of rotatable bonds is 6. The highest BCUT2D eigenvalue weighted by atomic mass is 35.5. The van der Waals surface area contributed by atoms with E-state index < -0.39 is 0 Å². The molecule has 0 bridgehead atoms. The highest BCUT2D eigenvalue weighted by molar-refractivity contribution is 6.18. The third kappa shape index (κ3) is 3.74. The molecule has 0 N–H and O–H groups in total. The minimum Gasteiger partial charge on any atom is -0.374 e. The standard InChI is InChI=1S/C15H26ClN3O/c1-4-14(5-2)19-7-6-13(17-19)9-18-10-15(8-16)20-11-12(18)3/h6-7,12,14-15H,4-5,8-11H2,1-3H3. The van der Waals surface area contributed by atoms with Gasteiger partial charge in [0.15, 0.2) is 0 Å². The molecule has 2 unspecified atom stereocenters. The number of aromatic nitrogens is 2. The summed E-state index contributed by atoms with van der Waals surface area (Å²) in [7, 11) is 0. The van der Waals surface area contributed by atoms with Crippen LogP contribution < -0.4 is 0 Å². The van der Waals surface area contributed by atoms with Crippen LogP contribution >= 0.6 is 11.6 Å². The van der Waals surface area contributed by atoms with Crippen molar-refractivity contribution in [3.63, 3.8) is 0 Å². The first-order valence-corrected chi connectivity index (χ1v) is 8.17. The van der Waals surface area contributed by atoms with Crippen molar-refractivity contribution in [3.05, 3.63) is 18.0 Å². The van der Waals surface area contributed by atoms with Crippen LogP contribution in [0.25, 0.3) is 0 Å². The van der Waals surface area contributed by atoms with E-state index in [0.717, 1.165) is 38.2 Å². The summed E-state index contributed by atoms with van der Waals surface area (Å²) in [6, 6.07) is 3.07. The molecular formula is C15H26ClN3O. The van der Waals surface area contributed by atoms with Crippen molar-refractivity contribution in [2.24, 2.45) is 0 Å². The number of morpholine rings is 1. The number of hydrogen-bond donors (Lipinski definition) is 0. The summed E-state index contributed by atoms with van der Waals surface area (Å²) in [5.74, 6) is 0.561. The smallest absolute Gasteiger partial charge is 0.0838 e. The monoisotopic (exact) mass is 299 g/mol. The normalized spacial score (nSPS) is 24.4. The Morgan fingerprint density at radius 3 is 2.85 bits per heavy atom. The Hall–Kier alpha value is -0.580. The average molecular weight is 300 g/mol. The maximum absolute atomic E-state index is 5.91. The summed E-state index contributed by atoms with van der Waals surface area (Å²) in [6.07, 6.45) is 4.51. The van der Waals surface area contributed by atoms with Crippen LogP contribution in [-0.4, -0.2) is 45.9 Å². The van der Waals surface area contributed by atoms with Crippen molar-refractivity contribution < 1.29 is 4.74 Å². The van der Waals surface area contributed by atoms with Crippen LogP contribution in [0.5, 0.6) is 0 Å². The van der Waals surface area contributed by atoms with Gasteiger partial charge in [-0.3, -0.25) is 9.58 Å². The molecular weight excluding hydrogens is 274 g/mol. The van der Waals surface area contributed by atoms with Crippen molar-refractivity contribution in [3.8, 4) is 0 Å². The molecule has 0 saturated carbocycles. The molecule has 2 rings (SSSR count). The Morgan fingerprint density at radius 1 is 1.45 bits per heavy atom. The first kappa shape index (κ1) is 15.8. The topological polar surface area (TPSA) is 30.3 Å². The molecule has 0 spiro atoms. The van der Waals surface area contributed by atoms with Gasteiger partial charge in [-0.2, -0.15) is 5.10 Å². The first-order chi connectivity index (χ1) is 9.67. The van der Waals surface area contributed by atoms with E-state index >= 15 is 0 Å². The van der Waals surface area contributed by atoms with Crippen molar-refractivity contribution >= 4 is 11.6 Å². The van der Waals surface area contributed by atoms with Crippen LogP contribution in [0.15, 0.2) is 12.3 Å². The summed E-state index contributed by atoms with van der Waals surface area (Å²) in [6.45, 7) is 9.15. The number of ether oxygens (including phenoxy) is 1. The number of nitrogens with zero attached hydrogens (tertiary/aromatic N) is 3. The molecule has 20 heavy (non-hydrogen) atoms. The summed E-state index contributed by atoms with van der Waals surface area (Å²) in [4.78, 5) is 2.41. The average Bonchev–Trinajstić information content (AvgIpc) is 2.91. The van der Waals surface area contributed by atoms with Crippen LogP contribution in [-0.2, 0) is 11.3 Å². The molecule has 1 aromatic rings. The van der Waals surface area contributed by atoms with Crippen LogP contribution in [0.1, 0.15) is 45.3 Å². The van der Waals surface area contributed by atoms with E-state index in [1.807, 2.05) is 0 Å². The van der Waals surface area contributed by atoms with E-state index in [0.29, 0.717) is 18.0 Å². The fraction of sp³-hybridized carbons (Fsp3) is 0.800. The van der Waals surface area contributed by atoms with Gasteiger partial charge in [-0.1, -0.05) is 13.8 Å². The maximum atomic E-state index is 5.91. The molecule has 1 aliphatic heterocycles. The van der Waals surface area contributed by atoms with Crippen molar-refractivity contribution in [2.75, 3.05) is 19.0 Å². The van der Waals surface area contributed by atoms with Crippen molar-refractivity contribution in [1.82, 2.24) is 14.7 Å². The third-order valence-electron chi connectivity index (χ3n) is 4.15. The van der Waals surface area contributed by atoms with Gasteiger partial charge in [-0.15, -0.1) is 11.6 Å². The van der Waals surface area contributed by atoms with Crippen molar-refractivity contribution in [1.29, 1.82) is 0 Å². The molecule has 5 heteroatoms. The first-order valence-electron chi connectivity index (χ1n) is 7.63.